The summed E-state index contributed by atoms with van der Waals surface area (Å²) in [6.45, 7) is 7.31. The van der Waals surface area contributed by atoms with E-state index in [1.165, 1.54) is 0 Å². The van der Waals surface area contributed by atoms with Gasteiger partial charge in [0.05, 0.1) is 0 Å². The molecule has 0 spiro atoms. The molecule has 1 unspecified atom stereocenters. The van der Waals surface area contributed by atoms with E-state index in [0.717, 1.165) is 11.0 Å². The molecule has 1 aromatic carbocycles. The SMILES string of the molecule is CCN[C@H](C)CNC(=O)C(C)Oc1ccc(Br)cc1. The maximum atomic E-state index is 11.8. The fraction of sp³-hybridized carbons (Fsp3) is 0.500. The van der Waals surface area contributed by atoms with Gasteiger partial charge in [-0.1, -0.05) is 22.9 Å². The summed E-state index contributed by atoms with van der Waals surface area (Å²) < 4.78 is 6.55. The smallest absolute Gasteiger partial charge is 0.260 e. The molecule has 1 aromatic rings. The van der Waals surface area contributed by atoms with Gasteiger partial charge in [-0.15, -0.1) is 0 Å². The van der Waals surface area contributed by atoms with Gasteiger partial charge in [-0.25, -0.2) is 0 Å². The Morgan fingerprint density at radius 3 is 2.53 bits per heavy atom. The highest BCUT2D eigenvalue weighted by Crippen LogP contribution is 2.17. The third-order valence-electron chi connectivity index (χ3n) is 2.63. The van der Waals surface area contributed by atoms with Crippen LogP contribution in [-0.4, -0.2) is 31.1 Å². The van der Waals surface area contributed by atoms with Gasteiger partial charge in [0, 0.05) is 17.1 Å². The Morgan fingerprint density at radius 1 is 1.32 bits per heavy atom. The van der Waals surface area contributed by atoms with Crippen molar-refractivity contribution in [2.24, 2.45) is 0 Å². The van der Waals surface area contributed by atoms with Gasteiger partial charge >= 0.3 is 0 Å². The number of halogens is 1. The van der Waals surface area contributed by atoms with Crippen LogP contribution in [0.2, 0.25) is 0 Å². The van der Waals surface area contributed by atoms with Crippen LogP contribution < -0.4 is 15.4 Å². The van der Waals surface area contributed by atoms with Crippen LogP contribution in [0.5, 0.6) is 5.75 Å². The molecule has 0 radical (unpaired) electrons. The van der Waals surface area contributed by atoms with Crippen molar-refractivity contribution < 1.29 is 9.53 Å². The first kappa shape index (κ1) is 16.0. The molecule has 0 saturated carbocycles. The van der Waals surface area contributed by atoms with Gasteiger partial charge in [0.2, 0.25) is 0 Å². The average molecular weight is 329 g/mol. The molecule has 5 heteroatoms. The van der Waals surface area contributed by atoms with Crippen LogP contribution in [0.25, 0.3) is 0 Å². The number of hydrogen-bond donors (Lipinski definition) is 2. The van der Waals surface area contributed by atoms with Crippen molar-refractivity contribution in [3.63, 3.8) is 0 Å². The van der Waals surface area contributed by atoms with E-state index in [4.69, 9.17) is 4.74 Å². The lowest BCUT2D eigenvalue weighted by atomic mass is 10.3. The van der Waals surface area contributed by atoms with Crippen LogP contribution in [0, 0.1) is 0 Å². The molecule has 0 aliphatic carbocycles. The van der Waals surface area contributed by atoms with Crippen LogP contribution in [0.1, 0.15) is 20.8 Å². The topological polar surface area (TPSA) is 50.4 Å². The molecular formula is C14H21BrN2O2. The van der Waals surface area contributed by atoms with Crippen LogP contribution in [0.3, 0.4) is 0 Å². The van der Waals surface area contributed by atoms with Crippen LogP contribution in [0.15, 0.2) is 28.7 Å². The molecule has 1 rings (SSSR count). The number of rotatable bonds is 7. The van der Waals surface area contributed by atoms with Gasteiger partial charge in [0.15, 0.2) is 6.10 Å². The number of carbonyl (C=O) groups excluding carboxylic acids is 1. The Kier molecular flexibility index (Phi) is 6.87. The fourth-order valence-electron chi connectivity index (χ4n) is 1.59. The predicted octanol–water partition coefficient (Wildman–Crippen LogP) is 2.33. The number of ether oxygens (including phenoxy) is 1. The highest BCUT2D eigenvalue weighted by atomic mass is 79.9. The maximum Gasteiger partial charge on any atom is 0.260 e. The molecule has 2 atom stereocenters. The van der Waals surface area contributed by atoms with Gasteiger partial charge in [-0.3, -0.25) is 4.79 Å². The molecule has 1 amide bonds. The van der Waals surface area contributed by atoms with Crippen molar-refractivity contribution in [3.8, 4) is 5.75 Å². The largest absolute Gasteiger partial charge is 0.481 e. The molecule has 2 N–H and O–H groups in total. The van der Waals surface area contributed by atoms with E-state index in [9.17, 15) is 4.79 Å². The summed E-state index contributed by atoms with van der Waals surface area (Å²) >= 11 is 3.35. The molecule has 106 valence electrons. The van der Waals surface area contributed by atoms with E-state index in [1.807, 2.05) is 38.1 Å². The summed E-state index contributed by atoms with van der Waals surface area (Å²) in [7, 11) is 0. The number of nitrogens with one attached hydrogen (secondary N) is 2. The number of amides is 1. The highest BCUT2D eigenvalue weighted by Gasteiger charge is 2.14. The quantitative estimate of drug-likeness (QED) is 0.807. The van der Waals surface area contributed by atoms with Crippen molar-refractivity contribution in [2.75, 3.05) is 13.1 Å². The summed E-state index contributed by atoms with van der Waals surface area (Å²) in [6, 6.07) is 7.68. The molecule has 0 aromatic heterocycles. The molecular weight excluding hydrogens is 308 g/mol. The van der Waals surface area contributed by atoms with Gasteiger partial charge in [-0.05, 0) is 44.7 Å². The van der Waals surface area contributed by atoms with Crippen LogP contribution in [0.4, 0.5) is 0 Å². The highest BCUT2D eigenvalue weighted by molar-refractivity contribution is 9.10. The van der Waals surface area contributed by atoms with E-state index in [0.29, 0.717) is 12.3 Å². The van der Waals surface area contributed by atoms with Gasteiger partial charge in [0.25, 0.3) is 5.91 Å². The minimum Gasteiger partial charge on any atom is -0.481 e. The zero-order chi connectivity index (χ0) is 14.3. The Bertz CT molecular complexity index is 395. The summed E-state index contributed by atoms with van der Waals surface area (Å²) in [5.74, 6) is 0.582. The number of carbonyl (C=O) groups is 1. The molecule has 0 saturated heterocycles. The van der Waals surface area contributed by atoms with Crippen molar-refractivity contribution >= 4 is 21.8 Å². The van der Waals surface area contributed by atoms with E-state index >= 15 is 0 Å². The Labute approximate surface area is 123 Å². The Hall–Kier alpha value is -1.07. The van der Waals surface area contributed by atoms with Crippen molar-refractivity contribution in [2.45, 2.75) is 32.9 Å². The van der Waals surface area contributed by atoms with Crippen molar-refractivity contribution in [1.29, 1.82) is 0 Å². The minimum atomic E-state index is -0.505. The summed E-state index contributed by atoms with van der Waals surface area (Å²) in [6.07, 6.45) is -0.505. The third kappa shape index (κ3) is 6.07. The summed E-state index contributed by atoms with van der Waals surface area (Å²) in [5.41, 5.74) is 0. The van der Waals surface area contributed by atoms with Crippen LogP contribution >= 0.6 is 15.9 Å². The molecule has 19 heavy (non-hydrogen) atoms. The van der Waals surface area contributed by atoms with E-state index in [1.54, 1.807) is 6.92 Å². The second kappa shape index (κ2) is 8.17. The van der Waals surface area contributed by atoms with Gasteiger partial charge in [-0.2, -0.15) is 0 Å². The molecule has 4 nitrogen and oxygen atoms in total. The van der Waals surface area contributed by atoms with E-state index in [-0.39, 0.29) is 11.9 Å². The normalized spacial score (nSPS) is 13.7. The van der Waals surface area contributed by atoms with Crippen molar-refractivity contribution in [1.82, 2.24) is 10.6 Å². The lowest BCUT2D eigenvalue weighted by Gasteiger charge is -2.17. The Morgan fingerprint density at radius 2 is 1.95 bits per heavy atom. The standard InChI is InChI=1S/C14H21BrN2O2/c1-4-16-10(2)9-17-14(18)11(3)19-13-7-5-12(15)6-8-13/h5-8,10-11,16H,4,9H2,1-3H3,(H,17,18)/t10-,11?/m1/s1. The van der Waals surface area contributed by atoms with Gasteiger partial charge in [0.1, 0.15) is 5.75 Å². The lowest BCUT2D eigenvalue weighted by molar-refractivity contribution is -0.127. The number of benzene rings is 1. The third-order valence-corrected chi connectivity index (χ3v) is 3.16. The molecule has 0 aliphatic heterocycles. The zero-order valence-corrected chi connectivity index (χ0v) is 13.2. The second-order valence-electron chi connectivity index (χ2n) is 4.42. The zero-order valence-electron chi connectivity index (χ0n) is 11.6. The second-order valence-corrected chi connectivity index (χ2v) is 5.33. The first-order valence-corrected chi connectivity index (χ1v) is 7.25. The maximum absolute atomic E-state index is 11.8. The fourth-order valence-corrected chi connectivity index (χ4v) is 1.85. The first-order valence-electron chi connectivity index (χ1n) is 6.46. The van der Waals surface area contributed by atoms with Crippen LogP contribution in [-0.2, 0) is 4.79 Å². The first-order chi connectivity index (χ1) is 9.02. The van der Waals surface area contributed by atoms with E-state index in [2.05, 4.69) is 26.6 Å². The van der Waals surface area contributed by atoms with E-state index < -0.39 is 6.10 Å². The minimum absolute atomic E-state index is 0.104. The predicted molar refractivity (Wildman–Crippen MR) is 80.4 cm³/mol. The molecule has 0 fully saturated rings. The summed E-state index contributed by atoms with van der Waals surface area (Å²) in [4.78, 5) is 11.8. The average Bonchev–Trinajstić information content (AvgIpc) is 2.39. The molecule has 0 heterocycles. The monoisotopic (exact) mass is 328 g/mol. The Balaban J connectivity index is 2.38. The number of hydrogen-bond acceptors (Lipinski definition) is 3. The number of likely N-dealkylation sites (N-methyl/N-ethyl adjacent to an activating group) is 1. The molecule has 0 bridgehead atoms. The lowest BCUT2D eigenvalue weighted by Crippen LogP contribution is -2.43. The summed E-state index contributed by atoms with van der Waals surface area (Å²) in [5, 5.41) is 6.10. The van der Waals surface area contributed by atoms with Crippen molar-refractivity contribution in [3.05, 3.63) is 28.7 Å². The molecule has 0 aliphatic rings. The van der Waals surface area contributed by atoms with Gasteiger partial charge < -0.3 is 15.4 Å².